The normalized spacial score (nSPS) is 17.9. The number of fused-ring (bicyclic) bond motifs is 1. The Morgan fingerprint density at radius 1 is 1.07 bits per heavy atom. The highest BCUT2D eigenvalue weighted by atomic mass is 32.2. The van der Waals surface area contributed by atoms with E-state index in [0.29, 0.717) is 31.9 Å². The van der Waals surface area contributed by atoms with Crippen molar-refractivity contribution in [3.63, 3.8) is 0 Å². The summed E-state index contributed by atoms with van der Waals surface area (Å²) in [5.41, 5.74) is 4.84. The van der Waals surface area contributed by atoms with Gasteiger partial charge in [-0.3, -0.25) is 4.79 Å². The van der Waals surface area contributed by atoms with E-state index in [0.717, 1.165) is 41.8 Å². The lowest BCUT2D eigenvalue weighted by Gasteiger charge is -2.33. The molecular weight excluding hydrogens is 364 g/mol. The van der Waals surface area contributed by atoms with Gasteiger partial charge in [0.1, 0.15) is 0 Å². The smallest absolute Gasteiger partial charge is 0.274 e. The largest absolute Gasteiger partial charge is 0.335 e. The number of amides is 1. The van der Waals surface area contributed by atoms with E-state index in [4.69, 9.17) is 5.10 Å². The molecule has 7 nitrogen and oxygen atoms in total. The molecule has 8 heteroatoms. The molecular formula is C19H24N4O3S. The maximum Gasteiger partial charge on any atom is 0.274 e. The molecule has 1 fully saturated rings. The van der Waals surface area contributed by atoms with Crippen LogP contribution in [0.5, 0.6) is 0 Å². The second-order valence-corrected chi connectivity index (χ2v) is 9.26. The fourth-order valence-corrected chi connectivity index (χ4v) is 4.81. The van der Waals surface area contributed by atoms with Crippen LogP contribution < -0.4 is 0 Å². The minimum Gasteiger partial charge on any atom is -0.335 e. The monoisotopic (exact) mass is 388 g/mol. The summed E-state index contributed by atoms with van der Waals surface area (Å²) in [6.45, 7) is 3.52. The van der Waals surface area contributed by atoms with Crippen LogP contribution >= 0.6 is 0 Å². The van der Waals surface area contributed by atoms with Crippen molar-refractivity contribution in [2.45, 2.75) is 26.2 Å². The molecule has 2 aliphatic rings. The van der Waals surface area contributed by atoms with Crippen molar-refractivity contribution in [3.8, 4) is 5.69 Å². The van der Waals surface area contributed by atoms with Gasteiger partial charge in [-0.2, -0.15) is 9.40 Å². The van der Waals surface area contributed by atoms with Crippen LogP contribution in [0.2, 0.25) is 0 Å². The number of hydrogen-bond acceptors (Lipinski definition) is 4. The van der Waals surface area contributed by atoms with E-state index in [9.17, 15) is 13.2 Å². The molecule has 0 bridgehead atoms. The van der Waals surface area contributed by atoms with Gasteiger partial charge in [-0.15, -0.1) is 0 Å². The van der Waals surface area contributed by atoms with Crippen LogP contribution in [0.3, 0.4) is 0 Å². The number of sulfonamides is 1. The summed E-state index contributed by atoms with van der Waals surface area (Å²) >= 11 is 0. The second kappa shape index (κ2) is 6.76. The Labute approximate surface area is 159 Å². The number of piperazine rings is 1. The molecule has 1 amide bonds. The zero-order chi connectivity index (χ0) is 19.2. The molecule has 1 aliphatic heterocycles. The molecule has 4 rings (SSSR count). The van der Waals surface area contributed by atoms with Crippen molar-refractivity contribution in [1.29, 1.82) is 0 Å². The number of rotatable bonds is 3. The Bertz CT molecular complexity index is 988. The fourth-order valence-electron chi connectivity index (χ4n) is 3.98. The molecule has 1 aromatic heterocycles. The maximum atomic E-state index is 13.1. The Kier molecular flexibility index (Phi) is 4.55. The molecule has 144 valence electrons. The molecule has 1 aliphatic carbocycles. The second-order valence-electron chi connectivity index (χ2n) is 7.28. The van der Waals surface area contributed by atoms with Gasteiger partial charge in [-0.25, -0.2) is 13.1 Å². The number of para-hydroxylation sites is 1. The molecule has 27 heavy (non-hydrogen) atoms. The Morgan fingerprint density at radius 2 is 1.78 bits per heavy atom. The van der Waals surface area contributed by atoms with Crippen molar-refractivity contribution < 1.29 is 13.2 Å². The predicted molar refractivity (Wildman–Crippen MR) is 103 cm³/mol. The van der Waals surface area contributed by atoms with E-state index >= 15 is 0 Å². The van der Waals surface area contributed by atoms with Gasteiger partial charge in [0, 0.05) is 37.4 Å². The topological polar surface area (TPSA) is 75.5 Å². The molecule has 0 atom stereocenters. The standard InChI is InChI=1S/C19H24N4O3S/c1-14-6-3-4-8-16(14)23-17-9-5-7-15(17)18(20-23)19(24)21-10-12-22(13-11-21)27(2,25)26/h3-4,6,8H,5,7,9-13H2,1-2H3. The summed E-state index contributed by atoms with van der Waals surface area (Å²) in [5.74, 6) is -0.0892. The molecule has 0 N–H and O–H groups in total. The van der Waals surface area contributed by atoms with Crippen molar-refractivity contribution in [2.24, 2.45) is 0 Å². The highest BCUT2D eigenvalue weighted by molar-refractivity contribution is 7.88. The summed E-state index contributed by atoms with van der Waals surface area (Å²) < 4.78 is 26.7. The summed E-state index contributed by atoms with van der Waals surface area (Å²) in [6, 6.07) is 8.05. The highest BCUT2D eigenvalue weighted by Gasteiger charge is 2.32. The highest BCUT2D eigenvalue weighted by Crippen LogP contribution is 2.29. The minimum atomic E-state index is -3.21. The van der Waals surface area contributed by atoms with Gasteiger partial charge in [0.2, 0.25) is 10.0 Å². The van der Waals surface area contributed by atoms with Gasteiger partial charge < -0.3 is 4.90 Å². The first-order valence-corrected chi connectivity index (χ1v) is 11.1. The van der Waals surface area contributed by atoms with E-state index in [1.807, 2.05) is 35.9 Å². The third-order valence-corrected chi connectivity index (χ3v) is 6.77. The number of hydrogen-bond donors (Lipinski definition) is 0. The van der Waals surface area contributed by atoms with Crippen LogP contribution in [-0.4, -0.2) is 65.7 Å². The Hall–Kier alpha value is -2.19. The fraction of sp³-hybridized carbons (Fsp3) is 0.474. The molecule has 0 saturated carbocycles. The number of nitrogens with zero attached hydrogens (tertiary/aromatic N) is 4. The molecule has 0 radical (unpaired) electrons. The van der Waals surface area contributed by atoms with Crippen LogP contribution in [0.25, 0.3) is 5.69 Å². The SMILES string of the molecule is Cc1ccccc1-n1nc(C(=O)N2CCN(S(C)(=O)=O)CC2)c2c1CCC2. The van der Waals surface area contributed by atoms with Gasteiger partial charge in [0.15, 0.2) is 5.69 Å². The lowest BCUT2D eigenvalue weighted by Crippen LogP contribution is -2.50. The first kappa shape index (κ1) is 18.2. The number of carbonyl (C=O) groups excluding carboxylic acids is 1. The summed E-state index contributed by atoms with van der Waals surface area (Å²) in [4.78, 5) is 14.9. The predicted octanol–water partition coefficient (Wildman–Crippen LogP) is 1.39. The number of benzene rings is 1. The third kappa shape index (κ3) is 3.27. The zero-order valence-corrected chi connectivity index (χ0v) is 16.5. The average Bonchev–Trinajstić information content (AvgIpc) is 3.24. The van der Waals surface area contributed by atoms with Crippen LogP contribution in [0.4, 0.5) is 0 Å². The minimum absolute atomic E-state index is 0.0892. The maximum absolute atomic E-state index is 13.1. The average molecular weight is 388 g/mol. The number of aromatic nitrogens is 2. The van der Waals surface area contributed by atoms with Gasteiger partial charge in [0.25, 0.3) is 5.91 Å². The quantitative estimate of drug-likeness (QED) is 0.796. The molecule has 2 heterocycles. The molecule has 0 unspecified atom stereocenters. The van der Waals surface area contributed by atoms with E-state index in [1.165, 1.54) is 10.6 Å². The lowest BCUT2D eigenvalue weighted by molar-refractivity contribution is 0.0690. The zero-order valence-electron chi connectivity index (χ0n) is 15.7. The number of carbonyl (C=O) groups is 1. The van der Waals surface area contributed by atoms with Gasteiger partial charge in [0.05, 0.1) is 11.9 Å². The van der Waals surface area contributed by atoms with Crippen molar-refractivity contribution >= 4 is 15.9 Å². The van der Waals surface area contributed by atoms with E-state index in [2.05, 4.69) is 0 Å². The lowest BCUT2D eigenvalue weighted by atomic mass is 10.1. The third-order valence-electron chi connectivity index (χ3n) is 5.47. The Morgan fingerprint density at radius 3 is 2.44 bits per heavy atom. The summed E-state index contributed by atoms with van der Waals surface area (Å²) in [5, 5.41) is 4.70. The van der Waals surface area contributed by atoms with E-state index in [1.54, 1.807) is 4.90 Å². The van der Waals surface area contributed by atoms with Crippen molar-refractivity contribution in [2.75, 3.05) is 32.4 Å². The van der Waals surface area contributed by atoms with Crippen LogP contribution in [0.15, 0.2) is 24.3 Å². The van der Waals surface area contributed by atoms with E-state index in [-0.39, 0.29) is 5.91 Å². The van der Waals surface area contributed by atoms with Crippen LogP contribution in [0, 0.1) is 6.92 Å². The summed E-state index contributed by atoms with van der Waals surface area (Å²) in [7, 11) is -3.21. The van der Waals surface area contributed by atoms with Crippen molar-refractivity contribution in [3.05, 3.63) is 46.8 Å². The van der Waals surface area contributed by atoms with Crippen LogP contribution in [0.1, 0.15) is 33.7 Å². The van der Waals surface area contributed by atoms with Crippen LogP contribution in [-0.2, 0) is 22.9 Å². The Balaban J connectivity index is 1.63. The molecule has 2 aromatic rings. The van der Waals surface area contributed by atoms with Gasteiger partial charge in [-0.1, -0.05) is 18.2 Å². The molecule has 0 spiro atoms. The van der Waals surface area contributed by atoms with Gasteiger partial charge >= 0.3 is 0 Å². The number of aryl methyl sites for hydroxylation is 1. The van der Waals surface area contributed by atoms with Crippen molar-refractivity contribution in [1.82, 2.24) is 19.0 Å². The van der Waals surface area contributed by atoms with Gasteiger partial charge in [-0.05, 0) is 37.8 Å². The molecule has 1 aromatic carbocycles. The first-order chi connectivity index (χ1) is 12.9. The summed E-state index contributed by atoms with van der Waals surface area (Å²) in [6.07, 6.45) is 4.03. The molecule has 1 saturated heterocycles. The first-order valence-electron chi connectivity index (χ1n) is 9.27. The van der Waals surface area contributed by atoms with E-state index < -0.39 is 10.0 Å².